The number of carbonyl (C=O) groups excluding carboxylic acids is 2. The zero-order valence-electron chi connectivity index (χ0n) is 14.0. The number of amides is 2. The largest absolute Gasteiger partial charge is 0.385 e. The van der Waals surface area contributed by atoms with E-state index in [9.17, 15) is 9.59 Å². The highest BCUT2D eigenvalue weighted by atomic mass is 16.5. The lowest BCUT2D eigenvalue weighted by Crippen LogP contribution is -2.29. The Bertz CT molecular complexity index is 492. The van der Waals surface area contributed by atoms with Gasteiger partial charge in [-0.1, -0.05) is 19.4 Å². The Balaban J connectivity index is 2.40. The van der Waals surface area contributed by atoms with Crippen molar-refractivity contribution in [1.29, 1.82) is 0 Å². The maximum Gasteiger partial charge on any atom is 0.251 e. The fourth-order valence-electron chi connectivity index (χ4n) is 1.97. The van der Waals surface area contributed by atoms with Crippen LogP contribution in [0.4, 0.5) is 5.69 Å². The van der Waals surface area contributed by atoms with Gasteiger partial charge in [-0.3, -0.25) is 9.59 Å². The van der Waals surface area contributed by atoms with Crippen LogP contribution in [0, 0.1) is 0 Å². The molecule has 0 saturated carbocycles. The van der Waals surface area contributed by atoms with Crippen molar-refractivity contribution >= 4 is 17.5 Å². The lowest BCUT2D eigenvalue weighted by Gasteiger charge is -2.09. The van der Waals surface area contributed by atoms with Crippen molar-refractivity contribution in [2.24, 2.45) is 0 Å². The number of hydrogen-bond acceptors (Lipinski definition) is 4. The normalized spacial score (nSPS) is 10.3. The molecule has 1 rings (SSSR count). The molecule has 0 aromatic heterocycles. The number of rotatable bonds is 11. The van der Waals surface area contributed by atoms with E-state index in [2.05, 4.69) is 22.9 Å². The van der Waals surface area contributed by atoms with Crippen molar-refractivity contribution in [2.45, 2.75) is 26.2 Å². The van der Waals surface area contributed by atoms with Gasteiger partial charge in [-0.25, -0.2) is 0 Å². The Labute approximate surface area is 138 Å². The highest BCUT2D eigenvalue weighted by Gasteiger charge is 2.07. The quantitative estimate of drug-likeness (QED) is 0.543. The maximum atomic E-state index is 12.0. The predicted octanol–water partition coefficient (Wildman–Crippen LogP) is 1.78. The summed E-state index contributed by atoms with van der Waals surface area (Å²) in [4.78, 5) is 23.8. The van der Waals surface area contributed by atoms with Crippen molar-refractivity contribution < 1.29 is 14.3 Å². The van der Waals surface area contributed by atoms with Gasteiger partial charge in [-0.2, -0.15) is 0 Å². The first-order chi connectivity index (χ1) is 11.2. The van der Waals surface area contributed by atoms with E-state index in [1.165, 1.54) is 0 Å². The lowest BCUT2D eigenvalue weighted by atomic mass is 10.2. The van der Waals surface area contributed by atoms with E-state index < -0.39 is 0 Å². The van der Waals surface area contributed by atoms with Gasteiger partial charge in [-0.05, 0) is 37.6 Å². The molecule has 23 heavy (non-hydrogen) atoms. The van der Waals surface area contributed by atoms with E-state index in [-0.39, 0.29) is 18.4 Å². The minimum atomic E-state index is -0.133. The maximum absolute atomic E-state index is 12.0. The fraction of sp³-hybridized carbons (Fsp3) is 0.529. The first-order valence-electron chi connectivity index (χ1n) is 8.05. The molecule has 1 aromatic carbocycles. The molecule has 0 bridgehead atoms. The molecule has 0 heterocycles. The summed E-state index contributed by atoms with van der Waals surface area (Å²) in [6, 6.07) is 6.95. The highest BCUT2D eigenvalue weighted by molar-refractivity contribution is 5.97. The van der Waals surface area contributed by atoms with E-state index in [1.54, 1.807) is 31.4 Å². The Hall–Kier alpha value is -1.92. The Kier molecular flexibility index (Phi) is 9.66. The molecule has 1 aromatic rings. The van der Waals surface area contributed by atoms with Crippen molar-refractivity contribution in [3.8, 4) is 0 Å². The summed E-state index contributed by atoms with van der Waals surface area (Å²) in [5.74, 6) is -0.252. The van der Waals surface area contributed by atoms with Crippen LogP contribution in [0.3, 0.4) is 0 Å². The van der Waals surface area contributed by atoms with Crippen LogP contribution in [0.5, 0.6) is 0 Å². The summed E-state index contributed by atoms with van der Waals surface area (Å²) in [6.07, 6.45) is 2.85. The van der Waals surface area contributed by atoms with Gasteiger partial charge in [0, 0.05) is 31.5 Å². The minimum absolute atomic E-state index is 0.118. The number of carbonyl (C=O) groups is 2. The van der Waals surface area contributed by atoms with Crippen molar-refractivity contribution in [3.63, 3.8) is 0 Å². The van der Waals surface area contributed by atoms with Gasteiger partial charge in [0.25, 0.3) is 5.91 Å². The Morgan fingerprint density at radius 3 is 2.74 bits per heavy atom. The molecule has 0 aliphatic carbocycles. The van der Waals surface area contributed by atoms with Gasteiger partial charge < -0.3 is 20.7 Å². The first-order valence-corrected chi connectivity index (χ1v) is 8.05. The van der Waals surface area contributed by atoms with Gasteiger partial charge in [0.15, 0.2) is 0 Å². The second-order valence-corrected chi connectivity index (χ2v) is 5.26. The third-order valence-corrected chi connectivity index (χ3v) is 3.21. The zero-order valence-corrected chi connectivity index (χ0v) is 14.0. The average Bonchev–Trinajstić information content (AvgIpc) is 2.55. The zero-order chi connectivity index (χ0) is 16.9. The van der Waals surface area contributed by atoms with Gasteiger partial charge in [-0.15, -0.1) is 0 Å². The van der Waals surface area contributed by atoms with Crippen LogP contribution < -0.4 is 16.0 Å². The van der Waals surface area contributed by atoms with Crippen LogP contribution in [-0.2, 0) is 9.53 Å². The molecule has 0 radical (unpaired) electrons. The van der Waals surface area contributed by atoms with Crippen LogP contribution in [0.2, 0.25) is 0 Å². The van der Waals surface area contributed by atoms with E-state index in [0.29, 0.717) is 24.4 Å². The molecular weight excluding hydrogens is 294 g/mol. The van der Waals surface area contributed by atoms with Gasteiger partial charge >= 0.3 is 0 Å². The summed E-state index contributed by atoms with van der Waals surface area (Å²) < 4.78 is 4.94. The smallest absolute Gasteiger partial charge is 0.251 e. The van der Waals surface area contributed by atoms with Crippen LogP contribution >= 0.6 is 0 Å². The number of benzene rings is 1. The molecule has 0 atom stereocenters. The van der Waals surface area contributed by atoms with E-state index in [4.69, 9.17) is 4.74 Å². The average molecular weight is 321 g/mol. The SMILES string of the molecule is CCCCNC(=O)c1cccc(NC(=O)CNCCCOC)c1. The highest BCUT2D eigenvalue weighted by Crippen LogP contribution is 2.10. The minimum Gasteiger partial charge on any atom is -0.385 e. The third kappa shape index (κ3) is 8.32. The summed E-state index contributed by atoms with van der Waals surface area (Å²) in [5, 5.41) is 8.68. The van der Waals surface area contributed by atoms with Gasteiger partial charge in [0.05, 0.1) is 6.54 Å². The molecule has 3 N–H and O–H groups in total. The molecule has 0 aliphatic heterocycles. The molecular formula is C17H27N3O3. The van der Waals surface area contributed by atoms with Crippen LogP contribution in [0.15, 0.2) is 24.3 Å². The second-order valence-electron chi connectivity index (χ2n) is 5.26. The summed E-state index contributed by atoms with van der Waals surface area (Å²) in [5.41, 5.74) is 1.17. The fourth-order valence-corrected chi connectivity index (χ4v) is 1.97. The summed E-state index contributed by atoms with van der Waals surface area (Å²) >= 11 is 0. The molecule has 0 aliphatic rings. The molecule has 128 valence electrons. The molecule has 0 spiro atoms. The topological polar surface area (TPSA) is 79.5 Å². The third-order valence-electron chi connectivity index (χ3n) is 3.21. The van der Waals surface area contributed by atoms with Crippen molar-refractivity contribution in [2.75, 3.05) is 38.7 Å². The summed E-state index contributed by atoms with van der Waals surface area (Å²) in [7, 11) is 1.65. The van der Waals surface area contributed by atoms with Crippen LogP contribution in [0.25, 0.3) is 0 Å². The predicted molar refractivity (Wildman–Crippen MR) is 91.7 cm³/mol. The molecule has 6 nitrogen and oxygen atoms in total. The molecule has 0 saturated heterocycles. The number of anilines is 1. The van der Waals surface area contributed by atoms with Crippen molar-refractivity contribution in [3.05, 3.63) is 29.8 Å². The first kappa shape index (κ1) is 19.1. The summed E-state index contributed by atoms with van der Waals surface area (Å²) in [6.45, 7) is 4.37. The number of hydrogen-bond donors (Lipinski definition) is 3. The van der Waals surface area contributed by atoms with Gasteiger partial charge in [0.2, 0.25) is 5.91 Å². The standard InChI is InChI=1S/C17H27N3O3/c1-3-4-10-19-17(22)14-7-5-8-15(12-14)20-16(21)13-18-9-6-11-23-2/h5,7-8,12,18H,3-4,6,9-11,13H2,1-2H3,(H,19,22)(H,20,21). The van der Waals surface area contributed by atoms with E-state index >= 15 is 0 Å². The van der Waals surface area contributed by atoms with E-state index in [0.717, 1.165) is 25.8 Å². The molecule has 6 heteroatoms. The molecule has 0 unspecified atom stereocenters. The molecule has 0 fully saturated rings. The van der Waals surface area contributed by atoms with Gasteiger partial charge in [0.1, 0.15) is 0 Å². The van der Waals surface area contributed by atoms with Crippen LogP contribution in [0.1, 0.15) is 36.5 Å². The monoisotopic (exact) mass is 321 g/mol. The van der Waals surface area contributed by atoms with Crippen molar-refractivity contribution in [1.82, 2.24) is 10.6 Å². The number of methoxy groups -OCH3 is 1. The Morgan fingerprint density at radius 2 is 2.00 bits per heavy atom. The molecule has 2 amide bonds. The van der Waals surface area contributed by atoms with E-state index in [1.807, 2.05) is 0 Å². The Morgan fingerprint density at radius 1 is 1.17 bits per heavy atom. The second kappa shape index (κ2) is 11.6. The lowest BCUT2D eigenvalue weighted by molar-refractivity contribution is -0.115. The van der Waals surface area contributed by atoms with Crippen LogP contribution in [-0.4, -0.2) is 45.2 Å². The number of nitrogens with one attached hydrogen (secondary N) is 3. The number of unbranched alkanes of at least 4 members (excludes halogenated alkanes) is 1. The number of ether oxygens (including phenoxy) is 1.